The summed E-state index contributed by atoms with van der Waals surface area (Å²) in [5.41, 5.74) is 1.19. The van der Waals surface area contributed by atoms with E-state index in [-0.39, 0.29) is 16.8 Å². The van der Waals surface area contributed by atoms with E-state index in [1.807, 2.05) is 44.1 Å². The molecule has 3 aromatic rings. The van der Waals surface area contributed by atoms with Crippen LogP contribution in [0.4, 0.5) is 5.13 Å². The largest absolute Gasteiger partial charge is 0.497 e. The molecule has 2 aromatic carbocycles. The lowest BCUT2D eigenvalue weighted by molar-refractivity contribution is 0.0985. The van der Waals surface area contributed by atoms with Crippen LogP contribution in [0.1, 0.15) is 36.5 Å². The van der Waals surface area contributed by atoms with Crippen LogP contribution in [0.2, 0.25) is 0 Å². The molecule has 0 N–H and O–H groups in total. The summed E-state index contributed by atoms with van der Waals surface area (Å²) in [5.74, 6) is 0.494. The third kappa shape index (κ3) is 5.50. The van der Waals surface area contributed by atoms with Crippen molar-refractivity contribution in [3.63, 3.8) is 0 Å². The smallest absolute Gasteiger partial charge is 0.260 e. The van der Waals surface area contributed by atoms with Crippen LogP contribution in [0, 0.1) is 0 Å². The Morgan fingerprint density at radius 1 is 1.14 bits per heavy atom. The zero-order chi connectivity index (χ0) is 25.2. The average Bonchev–Trinajstić information content (AvgIpc) is 3.27. The third-order valence-electron chi connectivity index (χ3n) is 6.28. The molecule has 0 spiro atoms. The van der Waals surface area contributed by atoms with Crippen LogP contribution in [-0.4, -0.2) is 75.4 Å². The molecule has 35 heavy (non-hydrogen) atoms. The maximum Gasteiger partial charge on any atom is 0.260 e. The highest BCUT2D eigenvalue weighted by Crippen LogP contribution is 2.32. The van der Waals surface area contributed by atoms with Gasteiger partial charge in [-0.05, 0) is 70.3 Å². The maximum atomic E-state index is 13.6. The zero-order valence-electron chi connectivity index (χ0n) is 20.6. The summed E-state index contributed by atoms with van der Waals surface area (Å²) in [6.45, 7) is 3.59. The lowest BCUT2D eigenvalue weighted by Crippen LogP contribution is -2.41. The fourth-order valence-electron chi connectivity index (χ4n) is 4.21. The van der Waals surface area contributed by atoms with E-state index in [9.17, 15) is 13.2 Å². The molecule has 0 aliphatic carbocycles. The van der Waals surface area contributed by atoms with Crippen molar-refractivity contribution in [1.29, 1.82) is 0 Å². The van der Waals surface area contributed by atoms with Crippen LogP contribution in [0.25, 0.3) is 10.2 Å². The minimum Gasteiger partial charge on any atom is -0.497 e. The lowest BCUT2D eigenvalue weighted by Gasteiger charge is -2.32. The molecule has 1 aromatic heterocycles. The highest BCUT2D eigenvalue weighted by atomic mass is 32.2. The summed E-state index contributed by atoms with van der Waals surface area (Å²) in [6.07, 6.45) is 2.78. The van der Waals surface area contributed by atoms with Gasteiger partial charge in [0.2, 0.25) is 10.0 Å². The van der Waals surface area contributed by atoms with Gasteiger partial charge in [0.15, 0.2) is 5.13 Å². The number of fused-ring (bicyclic) bond motifs is 1. The predicted octanol–water partition coefficient (Wildman–Crippen LogP) is 4.08. The van der Waals surface area contributed by atoms with Crippen molar-refractivity contribution in [2.45, 2.75) is 37.1 Å². The van der Waals surface area contributed by atoms with Gasteiger partial charge in [-0.3, -0.25) is 9.69 Å². The summed E-state index contributed by atoms with van der Waals surface area (Å²) < 4.78 is 34.2. The number of anilines is 1. The van der Waals surface area contributed by atoms with Crippen LogP contribution >= 0.6 is 11.3 Å². The van der Waals surface area contributed by atoms with Gasteiger partial charge in [0.1, 0.15) is 5.75 Å². The second-order valence-electron chi connectivity index (χ2n) is 9.08. The van der Waals surface area contributed by atoms with Gasteiger partial charge in [-0.1, -0.05) is 17.8 Å². The molecule has 1 saturated heterocycles. The highest BCUT2D eigenvalue weighted by Gasteiger charge is 2.31. The van der Waals surface area contributed by atoms with Crippen LogP contribution in [0.15, 0.2) is 47.4 Å². The Hall–Kier alpha value is -2.53. The number of hydrogen-bond donors (Lipinski definition) is 0. The van der Waals surface area contributed by atoms with E-state index < -0.39 is 10.0 Å². The Labute approximate surface area is 211 Å². The van der Waals surface area contributed by atoms with E-state index in [0.29, 0.717) is 36.1 Å². The molecular weight excluding hydrogens is 484 g/mol. The number of piperidine rings is 1. The van der Waals surface area contributed by atoms with Crippen LogP contribution < -0.4 is 9.64 Å². The van der Waals surface area contributed by atoms with Gasteiger partial charge in [0.25, 0.3) is 5.91 Å². The second kappa shape index (κ2) is 10.6. The number of carbonyl (C=O) groups is 1. The number of methoxy groups -OCH3 is 1. The summed E-state index contributed by atoms with van der Waals surface area (Å²) >= 11 is 1.44. The van der Waals surface area contributed by atoms with Crippen molar-refractivity contribution in [3.8, 4) is 5.75 Å². The van der Waals surface area contributed by atoms with E-state index in [1.165, 1.54) is 23.5 Å². The first kappa shape index (κ1) is 25.6. The number of ether oxygens (including phenoxy) is 1. The number of thiazole rings is 1. The van der Waals surface area contributed by atoms with Gasteiger partial charge in [-0.2, -0.15) is 4.31 Å². The molecule has 10 heteroatoms. The number of aromatic nitrogens is 1. The van der Waals surface area contributed by atoms with Crippen molar-refractivity contribution in [3.05, 3.63) is 48.0 Å². The van der Waals surface area contributed by atoms with Crippen molar-refractivity contribution in [1.82, 2.24) is 14.2 Å². The Bertz CT molecular complexity index is 1290. The molecule has 0 unspecified atom stereocenters. The Balaban J connectivity index is 1.62. The molecule has 1 amide bonds. The number of hydrogen-bond acceptors (Lipinski definition) is 7. The van der Waals surface area contributed by atoms with Crippen LogP contribution in [0.3, 0.4) is 0 Å². The first-order valence-corrected chi connectivity index (χ1v) is 14.0. The molecule has 0 saturated carbocycles. The minimum atomic E-state index is -3.59. The van der Waals surface area contributed by atoms with Crippen molar-refractivity contribution < 1.29 is 17.9 Å². The third-order valence-corrected chi connectivity index (χ3v) is 9.37. The SMILES string of the molecule is COc1ccc2sc(N(CCN(C)C)C(=O)c3ccc(S(=O)(=O)N4CCCC[C@@H]4C)cc3)nc2c1. The van der Waals surface area contributed by atoms with Gasteiger partial charge in [-0.15, -0.1) is 0 Å². The highest BCUT2D eigenvalue weighted by molar-refractivity contribution is 7.89. The van der Waals surface area contributed by atoms with E-state index >= 15 is 0 Å². The van der Waals surface area contributed by atoms with Crippen molar-refractivity contribution >= 4 is 42.6 Å². The number of benzene rings is 2. The molecule has 0 bridgehead atoms. The van der Waals surface area contributed by atoms with E-state index in [0.717, 1.165) is 29.5 Å². The van der Waals surface area contributed by atoms with Gasteiger partial charge in [0, 0.05) is 37.3 Å². The molecular formula is C25H32N4O4S2. The second-order valence-corrected chi connectivity index (χ2v) is 12.0. The number of sulfonamides is 1. The standard InChI is InChI=1S/C25H32N4O4S2/c1-18-7-5-6-14-29(18)35(31,32)21-11-8-19(9-12-21)24(30)28(16-15-27(2)3)25-26-22-17-20(33-4)10-13-23(22)34-25/h8-13,17-18H,5-7,14-16H2,1-4H3/t18-/m0/s1. The number of likely N-dealkylation sites (N-methyl/N-ethyl adjacent to an activating group) is 1. The monoisotopic (exact) mass is 516 g/mol. The fraction of sp³-hybridized carbons (Fsp3) is 0.440. The molecule has 1 fully saturated rings. The molecule has 2 heterocycles. The summed E-state index contributed by atoms with van der Waals surface area (Å²) in [7, 11) is 1.92. The molecule has 188 valence electrons. The molecule has 1 atom stereocenters. The summed E-state index contributed by atoms with van der Waals surface area (Å²) in [4.78, 5) is 22.1. The normalized spacial score (nSPS) is 17.1. The Morgan fingerprint density at radius 2 is 1.89 bits per heavy atom. The first-order chi connectivity index (χ1) is 16.7. The maximum absolute atomic E-state index is 13.6. The number of nitrogens with zero attached hydrogens (tertiary/aromatic N) is 4. The zero-order valence-corrected chi connectivity index (χ0v) is 22.2. The molecule has 1 aliphatic heterocycles. The number of rotatable bonds is 8. The number of carbonyl (C=O) groups excluding carboxylic acids is 1. The quantitative estimate of drug-likeness (QED) is 0.449. The molecule has 0 radical (unpaired) electrons. The van der Waals surface area contributed by atoms with Crippen LogP contribution in [-0.2, 0) is 10.0 Å². The van der Waals surface area contributed by atoms with Crippen molar-refractivity contribution in [2.24, 2.45) is 0 Å². The van der Waals surface area contributed by atoms with Crippen molar-refractivity contribution in [2.75, 3.05) is 45.7 Å². The Morgan fingerprint density at radius 3 is 2.54 bits per heavy atom. The fourth-order valence-corrected chi connectivity index (χ4v) is 6.88. The summed E-state index contributed by atoms with van der Waals surface area (Å²) in [6, 6.07) is 11.9. The molecule has 8 nitrogen and oxygen atoms in total. The average molecular weight is 517 g/mol. The Kier molecular flexibility index (Phi) is 7.75. The lowest BCUT2D eigenvalue weighted by atomic mass is 10.1. The van der Waals surface area contributed by atoms with Gasteiger partial charge >= 0.3 is 0 Å². The first-order valence-electron chi connectivity index (χ1n) is 11.7. The number of amides is 1. The van der Waals surface area contributed by atoms with Crippen LogP contribution in [0.5, 0.6) is 5.75 Å². The molecule has 1 aliphatic rings. The van der Waals surface area contributed by atoms with E-state index in [1.54, 1.807) is 28.4 Å². The van der Waals surface area contributed by atoms with E-state index in [2.05, 4.69) is 0 Å². The minimum absolute atomic E-state index is 0.0192. The molecule has 4 rings (SSSR count). The predicted molar refractivity (Wildman–Crippen MR) is 140 cm³/mol. The topological polar surface area (TPSA) is 83.0 Å². The van der Waals surface area contributed by atoms with Gasteiger partial charge < -0.3 is 9.64 Å². The summed E-state index contributed by atoms with van der Waals surface area (Å²) in [5, 5.41) is 0.596. The van der Waals surface area contributed by atoms with Gasteiger partial charge in [0.05, 0.1) is 22.2 Å². The van der Waals surface area contributed by atoms with E-state index in [4.69, 9.17) is 9.72 Å². The van der Waals surface area contributed by atoms with Gasteiger partial charge in [-0.25, -0.2) is 13.4 Å².